The zero-order chi connectivity index (χ0) is 14.8. The Bertz CT molecular complexity index is 824. The van der Waals surface area contributed by atoms with E-state index in [1.165, 1.54) is 0 Å². The Morgan fingerprint density at radius 3 is 2.38 bits per heavy atom. The van der Waals surface area contributed by atoms with E-state index in [0.29, 0.717) is 22.9 Å². The normalized spacial score (nSPS) is 10.3. The van der Waals surface area contributed by atoms with Crippen LogP contribution in [0.25, 0.3) is 22.4 Å². The van der Waals surface area contributed by atoms with Crippen LogP contribution in [0.5, 0.6) is 11.5 Å². The van der Waals surface area contributed by atoms with Crippen molar-refractivity contribution in [3.8, 4) is 29.0 Å². The zero-order valence-corrected chi connectivity index (χ0v) is 11.7. The molecule has 5 nitrogen and oxygen atoms in total. The molecule has 3 aromatic rings. The van der Waals surface area contributed by atoms with E-state index < -0.39 is 0 Å². The number of aromatic amines is 1. The van der Waals surface area contributed by atoms with Gasteiger partial charge in [-0.05, 0) is 30.3 Å². The van der Waals surface area contributed by atoms with Crippen molar-refractivity contribution >= 4 is 11.0 Å². The zero-order valence-electron chi connectivity index (χ0n) is 11.7. The summed E-state index contributed by atoms with van der Waals surface area (Å²) in [6, 6.07) is 13.0. The maximum absolute atomic E-state index is 8.94. The highest BCUT2D eigenvalue weighted by atomic mass is 16.5. The van der Waals surface area contributed by atoms with E-state index in [1.54, 1.807) is 32.4 Å². The quantitative estimate of drug-likeness (QED) is 0.799. The minimum Gasteiger partial charge on any atom is -0.497 e. The predicted octanol–water partition coefficient (Wildman–Crippen LogP) is 3.12. The molecule has 0 radical (unpaired) electrons. The number of nitrogens with one attached hydrogen (secondary N) is 1. The van der Waals surface area contributed by atoms with Gasteiger partial charge in [-0.3, -0.25) is 0 Å². The first kappa shape index (κ1) is 13.0. The standard InChI is InChI=1S/C16H13N3O2/c1-20-12-6-11(7-13(8-12)21-2)16-18-14-4-3-10(9-17)5-15(14)19-16/h3-8H,1-2H3,(H,18,19). The Labute approximate surface area is 121 Å². The monoisotopic (exact) mass is 279 g/mol. The number of ether oxygens (including phenoxy) is 2. The Morgan fingerprint density at radius 2 is 1.76 bits per heavy atom. The number of nitriles is 1. The van der Waals surface area contributed by atoms with Crippen molar-refractivity contribution in [2.45, 2.75) is 0 Å². The lowest BCUT2D eigenvalue weighted by molar-refractivity contribution is 0.394. The molecule has 3 rings (SSSR count). The molecule has 5 heteroatoms. The van der Waals surface area contributed by atoms with Gasteiger partial charge in [0.2, 0.25) is 0 Å². The Balaban J connectivity index is 2.13. The van der Waals surface area contributed by atoms with Gasteiger partial charge in [0.1, 0.15) is 17.3 Å². The fraction of sp³-hybridized carbons (Fsp3) is 0.125. The van der Waals surface area contributed by atoms with Crippen molar-refractivity contribution in [2.24, 2.45) is 0 Å². The number of hydrogen-bond donors (Lipinski definition) is 1. The van der Waals surface area contributed by atoms with Crippen LogP contribution in [0.4, 0.5) is 0 Å². The minimum absolute atomic E-state index is 0.598. The summed E-state index contributed by atoms with van der Waals surface area (Å²) in [5, 5.41) is 8.94. The van der Waals surface area contributed by atoms with Crippen LogP contribution in [0.15, 0.2) is 36.4 Å². The molecule has 1 aromatic heterocycles. The number of rotatable bonds is 3. The molecule has 2 aromatic carbocycles. The van der Waals surface area contributed by atoms with Crippen LogP contribution >= 0.6 is 0 Å². The third-order valence-corrected chi connectivity index (χ3v) is 3.24. The summed E-state index contributed by atoms with van der Waals surface area (Å²) in [5.41, 5.74) is 3.10. The van der Waals surface area contributed by atoms with Gasteiger partial charge in [-0.2, -0.15) is 5.26 Å². The summed E-state index contributed by atoms with van der Waals surface area (Å²) < 4.78 is 10.5. The number of benzene rings is 2. The van der Waals surface area contributed by atoms with Gasteiger partial charge in [0.25, 0.3) is 0 Å². The first-order valence-electron chi connectivity index (χ1n) is 6.37. The maximum Gasteiger partial charge on any atom is 0.138 e. The molecule has 1 N–H and O–H groups in total. The molecule has 1 heterocycles. The Kier molecular flexibility index (Phi) is 3.20. The molecule has 0 unspecified atom stereocenters. The number of nitrogens with zero attached hydrogens (tertiary/aromatic N) is 2. The van der Waals surface area contributed by atoms with E-state index in [0.717, 1.165) is 16.6 Å². The van der Waals surface area contributed by atoms with Crippen molar-refractivity contribution in [1.29, 1.82) is 5.26 Å². The minimum atomic E-state index is 0.598. The summed E-state index contributed by atoms with van der Waals surface area (Å²) in [6.45, 7) is 0. The van der Waals surface area contributed by atoms with Gasteiger partial charge in [-0.1, -0.05) is 0 Å². The molecule has 0 bridgehead atoms. The van der Waals surface area contributed by atoms with Gasteiger partial charge in [0.05, 0.1) is 36.9 Å². The molecule has 0 aliphatic carbocycles. The third kappa shape index (κ3) is 2.39. The molecule has 104 valence electrons. The molecular formula is C16H13N3O2. The van der Waals surface area contributed by atoms with E-state index in [9.17, 15) is 0 Å². The van der Waals surface area contributed by atoms with Crippen molar-refractivity contribution in [2.75, 3.05) is 14.2 Å². The van der Waals surface area contributed by atoms with E-state index in [4.69, 9.17) is 14.7 Å². The van der Waals surface area contributed by atoms with Crippen LogP contribution < -0.4 is 9.47 Å². The van der Waals surface area contributed by atoms with Gasteiger partial charge < -0.3 is 14.5 Å². The van der Waals surface area contributed by atoms with Crippen LogP contribution in [-0.2, 0) is 0 Å². The second-order valence-electron chi connectivity index (χ2n) is 4.53. The second kappa shape index (κ2) is 5.17. The van der Waals surface area contributed by atoms with Gasteiger partial charge in [-0.15, -0.1) is 0 Å². The van der Waals surface area contributed by atoms with E-state index in [2.05, 4.69) is 16.0 Å². The van der Waals surface area contributed by atoms with Crippen molar-refractivity contribution < 1.29 is 9.47 Å². The summed E-state index contributed by atoms with van der Waals surface area (Å²) in [4.78, 5) is 7.75. The first-order valence-corrected chi connectivity index (χ1v) is 6.37. The SMILES string of the molecule is COc1cc(OC)cc(-c2nc3ccc(C#N)cc3[nH]2)c1. The molecule has 0 saturated carbocycles. The average Bonchev–Trinajstić information content (AvgIpc) is 2.97. The molecule has 0 amide bonds. The summed E-state index contributed by atoms with van der Waals surface area (Å²) >= 11 is 0. The topological polar surface area (TPSA) is 70.9 Å². The molecular weight excluding hydrogens is 266 g/mol. The summed E-state index contributed by atoms with van der Waals surface area (Å²) in [7, 11) is 3.22. The third-order valence-electron chi connectivity index (χ3n) is 3.24. The van der Waals surface area contributed by atoms with Crippen LogP contribution in [0.3, 0.4) is 0 Å². The number of aromatic nitrogens is 2. The van der Waals surface area contributed by atoms with Crippen molar-refractivity contribution in [1.82, 2.24) is 9.97 Å². The lowest BCUT2D eigenvalue weighted by atomic mass is 10.2. The maximum atomic E-state index is 8.94. The Hall–Kier alpha value is -3.00. The summed E-state index contributed by atoms with van der Waals surface area (Å²) in [6.07, 6.45) is 0. The van der Waals surface area contributed by atoms with Gasteiger partial charge in [0, 0.05) is 11.6 Å². The van der Waals surface area contributed by atoms with Gasteiger partial charge in [0.15, 0.2) is 0 Å². The highest BCUT2D eigenvalue weighted by Gasteiger charge is 2.09. The highest BCUT2D eigenvalue weighted by Crippen LogP contribution is 2.29. The van der Waals surface area contributed by atoms with Crippen LogP contribution in [0.2, 0.25) is 0 Å². The summed E-state index contributed by atoms with van der Waals surface area (Å²) in [5.74, 6) is 2.10. The van der Waals surface area contributed by atoms with Gasteiger partial charge in [-0.25, -0.2) is 4.98 Å². The van der Waals surface area contributed by atoms with Crippen LogP contribution in [0, 0.1) is 11.3 Å². The lowest BCUT2D eigenvalue weighted by Gasteiger charge is -2.06. The van der Waals surface area contributed by atoms with E-state index in [1.807, 2.05) is 18.2 Å². The fourth-order valence-electron chi connectivity index (χ4n) is 2.16. The average molecular weight is 279 g/mol. The molecule has 21 heavy (non-hydrogen) atoms. The Morgan fingerprint density at radius 1 is 1.05 bits per heavy atom. The van der Waals surface area contributed by atoms with Crippen LogP contribution in [0.1, 0.15) is 5.56 Å². The van der Waals surface area contributed by atoms with Gasteiger partial charge >= 0.3 is 0 Å². The highest BCUT2D eigenvalue weighted by molar-refractivity contribution is 5.81. The number of imidazole rings is 1. The molecule has 0 spiro atoms. The molecule has 0 aliphatic heterocycles. The largest absolute Gasteiger partial charge is 0.497 e. The number of fused-ring (bicyclic) bond motifs is 1. The fourth-order valence-corrected chi connectivity index (χ4v) is 2.16. The predicted molar refractivity (Wildman–Crippen MR) is 79.3 cm³/mol. The van der Waals surface area contributed by atoms with Crippen LogP contribution in [-0.4, -0.2) is 24.2 Å². The molecule has 0 aliphatic rings. The second-order valence-corrected chi connectivity index (χ2v) is 4.53. The smallest absolute Gasteiger partial charge is 0.138 e. The number of hydrogen-bond acceptors (Lipinski definition) is 4. The van der Waals surface area contributed by atoms with E-state index >= 15 is 0 Å². The molecule has 0 saturated heterocycles. The van der Waals surface area contributed by atoms with Crippen molar-refractivity contribution in [3.63, 3.8) is 0 Å². The number of methoxy groups -OCH3 is 2. The van der Waals surface area contributed by atoms with E-state index in [-0.39, 0.29) is 0 Å². The number of H-pyrrole nitrogens is 1. The van der Waals surface area contributed by atoms with Crippen molar-refractivity contribution in [3.05, 3.63) is 42.0 Å². The molecule has 0 fully saturated rings. The lowest BCUT2D eigenvalue weighted by Crippen LogP contribution is -1.89. The first-order chi connectivity index (χ1) is 10.2. The molecule has 0 atom stereocenters.